The second-order valence-electron chi connectivity index (χ2n) is 1.48. The van der Waals surface area contributed by atoms with Crippen molar-refractivity contribution in [2.75, 3.05) is 0 Å². The van der Waals surface area contributed by atoms with E-state index in [1.54, 1.807) is 29.9 Å². The maximum Gasteiger partial charge on any atom is 0.190 e. The molecule has 0 saturated heterocycles. The van der Waals surface area contributed by atoms with Gasteiger partial charge < -0.3 is 9.67 Å². The number of nitrogens with zero attached hydrogens (tertiary/aromatic N) is 1. The van der Waals surface area contributed by atoms with Gasteiger partial charge in [0.1, 0.15) is 0 Å². The molecule has 1 aromatic rings. The summed E-state index contributed by atoms with van der Waals surface area (Å²) < 4.78 is 1.64. The summed E-state index contributed by atoms with van der Waals surface area (Å²) in [5, 5.41) is 8.72. The molecule has 0 saturated carbocycles. The lowest BCUT2D eigenvalue weighted by molar-refractivity contribution is 0.432. The van der Waals surface area contributed by atoms with Crippen LogP contribution in [0.4, 0.5) is 0 Å². The maximum absolute atomic E-state index is 8.72. The van der Waals surface area contributed by atoms with Crippen LogP contribution in [0.2, 0.25) is 0 Å². The Hall–Kier alpha value is -0.920. The van der Waals surface area contributed by atoms with E-state index in [1.807, 2.05) is 0 Å². The van der Waals surface area contributed by atoms with E-state index in [0.717, 1.165) is 0 Å². The van der Waals surface area contributed by atoms with Crippen LogP contribution in [0.3, 0.4) is 0 Å². The fraction of sp³-hybridized carbons (Fsp3) is 0.200. The summed E-state index contributed by atoms with van der Waals surface area (Å²) in [7, 11) is 1.79. The number of hydrogen-bond donors (Lipinski definition) is 1. The molecule has 0 bridgehead atoms. The van der Waals surface area contributed by atoms with Crippen LogP contribution in [0.1, 0.15) is 0 Å². The first-order chi connectivity index (χ1) is 3.30. The largest absolute Gasteiger partial charge is 0.494 e. The first-order valence-corrected chi connectivity index (χ1v) is 2.11. The molecule has 38 valence electrons. The standard InChI is InChI=1S/C5H7NO/c1-6-4-2-3-5(6)7/h2-4,7H,1H3. The number of aryl methyl sites for hydroxylation is 1. The minimum Gasteiger partial charge on any atom is -0.494 e. The van der Waals surface area contributed by atoms with E-state index < -0.39 is 0 Å². The molecule has 2 nitrogen and oxygen atoms in total. The van der Waals surface area contributed by atoms with Gasteiger partial charge in [-0.3, -0.25) is 0 Å². The highest BCUT2D eigenvalue weighted by Crippen LogP contribution is 2.04. The van der Waals surface area contributed by atoms with Gasteiger partial charge in [-0.25, -0.2) is 0 Å². The molecule has 0 unspecified atom stereocenters. The monoisotopic (exact) mass is 97.1 g/mol. The fourth-order valence-electron chi connectivity index (χ4n) is 0.452. The smallest absolute Gasteiger partial charge is 0.190 e. The van der Waals surface area contributed by atoms with Crippen LogP contribution in [0.25, 0.3) is 0 Å². The van der Waals surface area contributed by atoms with Crippen LogP contribution < -0.4 is 0 Å². The lowest BCUT2D eigenvalue weighted by atomic mass is 10.7. The Morgan fingerprint density at radius 2 is 2.43 bits per heavy atom. The van der Waals surface area contributed by atoms with E-state index in [0.29, 0.717) is 5.88 Å². The molecule has 0 fully saturated rings. The third kappa shape index (κ3) is 0.585. The van der Waals surface area contributed by atoms with Gasteiger partial charge in [0.15, 0.2) is 5.88 Å². The van der Waals surface area contributed by atoms with Gasteiger partial charge in [-0.2, -0.15) is 0 Å². The van der Waals surface area contributed by atoms with E-state index in [-0.39, 0.29) is 0 Å². The van der Waals surface area contributed by atoms with Crippen LogP contribution in [-0.4, -0.2) is 9.67 Å². The maximum atomic E-state index is 8.72. The van der Waals surface area contributed by atoms with Gasteiger partial charge in [-0.15, -0.1) is 0 Å². The first kappa shape index (κ1) is 4.24. The Labute approximate surface area is 42.0 Å². The number of rotatable bonds is 0. The van der Waals surface area contributed by atoms with Gasteiger partial charge in [0.25, 0.3) is 0 Å². The van der Waals surface area contributed by atoms with E-state index >= 15 is 0 Å². The molecule has 1 rings (SSSR count). The zero-order valence-corrected chi connectivity index (χ0v) is 4.13. The van der Waals surface area contributed by atoms with Gasteiger partial charge >= 0.3 is 0 Å². The SMILES string of the molecule is Cn1cccc1O. The number of aromatic nitrogens is 1. The summed E-state index contributed by atoms with van der Waals surface area (Å²) in [5.41, 5.74) is 0. The van der Waals surface area contributed by atoms with E-state index in [1.165, 1.54) is 0 Å². The van der Waals surface area contributed by atoms with Crippen molar-refractivity contribution in [3.05, 3.63) is 18.3 Å². The highest BCUT2D eigenvalue weighted by Gasteiger charge is 1.85. The Balaban J connectivity index is 3.12. The molecule has 2 heteroatoms. The van der Waals surface area contributed by atoms with Crippen molar-refractivity contribution in [1.82, 2.24) is 4.57 Å². The molecule has 0 aliphatic rings. The molecular formula is C5H7NO. The van der Waals surface area contributed by atoms with Gasteiger partial charge in [0.05, 0.1) is 0 Å². The molecule has 0 atom stereocenters. The normalized spacial score (nSPS) is 9.29. The van der Waals surface area contributed by atoms with Crippen LogP contribution in [0.5, 0.6) is 5.88 Å². The Morgan fingerprint density at radius 3 is 2.57 bits per heavy atom. The van der Waals surface area contributed by atoms with Crippen molar-refractivity contribution in [1.29, 1.82) is 0 Å². The van der Waals surface area contributed by atoms with Gasteiger partial charge in [0.2, 0.25) is 0 Å². The van der Waals surface area contributed by atoms with E-state index in [9.17, 15) is 0 Å². The summed E-state index contributed by atoms with van der Waals surface area (Å²) in [4.78, 5) is 0. The average Bonchev–Trinajstić information content (AvgIpc) is 1.91. The molecule has 0 radical (unpaired) electrons. The lowest BCUT2D eigenvalue weighted by Crippen LogP contribution is -1.79. The average molecular weight is 97.1 g/mol. The molecule has 0 amide bonds. The molecule has 0 spiro atoms. The molecule has 1 N–H and O–H groups in total. The third-order valence-electron chi connectivity index (χ3n) is 0.916. The first-order valence-electron chi connectivity index (χ1n) is 2.11. The van der Waals surface area contributed by atoms with Gasteiger partial charge in [-0.1, -0.05) is 0 Å². The minimum absolute atomic E-state index is 0.306. The zero-order valence-electron chi connectivity index (χ0n) is 4.13. The molecule has 1 aromatic heterocycles. The minimum atomic E-state index is 0.306. The Kier molecular flexibility index (Phi) is 0.785. The molecule has 7 heavy (non-hydrogen) atoms. The van der Waals surface area contributed by atoms with Crippen LogP contribution in [0, 0.1) is 0 Å². The van der Waals surface area contributed by atoms with Crippen molar-refractivity contribution in [2.45, 2.75) is 0 Å². The lowest BCUT2D eigenvalue weighted by Gasteiger charge is -1.88. The highest BCUT2D eigenvalue weighted by atomic mass is 16.3. The van der Waals surface area contributed by atoms with Crippen molar-refractivity contribution in [3.63, 3.8) is 0 Å². The molecule has 0 aliphatic carbocycles. The Bertz CT molecular complexity index is 140. The summed E-state index contributed by atoms with van der Waals surface area (Å²) in [6.07, 6.45) is 1.79. The Morgan fingerprint density at radius 1 is 1.71 bits per heavy atom. The molecular weight excluding hydrogens is 90.1 g/mol. The molecule has 1 heterocycles. The zero-order chi connectivity index (χ0) is 5.28. The quantitative estimate of drug-likeness (QED) is 0.507. The number of hydrogen-bond acceptors (Lipinski definition) is 1. The summed E-state index contributed by atoms with van der Waals surface area (Å²) in [6, 6.07) is 3.43. The van der Waals surface area contributed by atoms with Crippen molar-refractivity contribution in [2.24, 2.45) is 7.05 Å². The molecule has 0 aliphatic heterocycles. The molecule has 0 aromatic carbocycles. The van der Waals surface area contributed by atoms with E-state index in [2.05, 4.69) is 0 Å². The van der Waals surface area contributed by atoms with Gasteiger partial charge in [-0.05, 0) is 12.1 Å². The van der Waals surface area contributed by atoms with Crippen LogP contribution >= 0.6 is 0 Å². The topological polar surface area (TPSA) is 25.2 Å². The second-order valence-corrected chi connectivity index (χ2v) is 1.48. The summed E-state index contributed by atoms with van der Waals surface area (Å²) in [6.45, 7) is 0. The van der Waals surface area contributed by atoms with Crippen molar-refractivity contribution in [3.8, 4) is 5.88 Å². The van der Waals surface area contributed by atoms with Gasteiger partial charge in [0, 0.05) is 13.2 Å². The van der Waals surface area contributed by atoms with Crippen molar-refractivity contribution >= 4 is 0 Å². The summed E-state index contributed by atoms with van der Waals surface area (Å²) in [5.74, 6) is 0.306. The highest BCUT2D eigenvalue weighted by molar-refractivity contribution is 5.09. The van der Waals surface area contributed by atoms with Crippen LogP contribution in [0.15, 0.2) is 18.3 Å². The fourth-order valence-corrected chi connectivity index (χ4v) is 0.452. The van der Waals surface area contributed by atoms with E-state index in [4.69, 9.17) is 5.11 Å². The summed E-state index contributed by atoms with van der Waals surface area (Å²) >= 11 is 0. The predicted octanol–water partition coefficient (Wildman–Crippen LogP) is 0.731. The second kappa shape index (κ2) is 1.30. The van der Waals surface area contributed by atoms with Crippen LogP contribution in [-0.2, 0) is 7.05 Å². The third-order valence-corrected chi connectivity index (χ3v) is 0.916. The predicted molar refractivity (Wildman–Crippen MR) is 27.1 cm³/mol. The van der Waals surface area contributed by atoms with Crippen molar-refractivity contribution < 1.29 is 5.11 Å². The number of aromatic hydroxyl groups is 1.